The minimum atomic E-state index is -2.51. The Labute approximate surface area is 111 Å². The number of alkyl halides is 2. The van der Waals surface area contributed by atoms with Crippen LogP contribution in [0.3, 0.4) is 0 Å². The van der Waals surface area contributed by atoms with Crippen molar-refractivity contribution in [3.05, 3.63) is 29.8 Å². The Kier molecular flexibility index (Phi) is 4.85. The van der Waals surface area contributed by atoms with Crippen LogP contribution in [-0.4, -0.2) is 19.0 Å². The molecule has 1 unspecified atom stereocenters. The van der Waals surface area contributed by atoms with Crippen molar-refractivity contribution in [1.82, 2.24) is 5.32 Å². The normalized spacial score (nSPS) is 18.8. The molecule has 0 radical (unpaired) electrons. The van der Waals surface area contributed by atoms with Crippen molar-refractivity contribution in [2.45, 2.75) is 25.7 Å². The molecule has 1 fully saturated rings. The van der Waals surface area contributed by atoms with Crippen LogP contribution < -0.4 is 10.6 Å². The smallest absolute Gasteiger partial charge is 0.263 e. The summed E-state index contributed by atoms with van der Waals surface area (Å²) >= 11 is 0. The molecule has 0 bridgehead atoms. The minimum Gasteiger partial charge on any atom is -0.326 e. The molecule has 1 aromatic rings. The first-order valence-corrected chi connectivity index (χ1v) is 6.54. The van der Waals surface area contributed by atoms with Crippen LogP contribution in [-0.2, 0) is 4.79 Å². The Hall–Kier alpha value is -1.49. The van der Waals surface area contributed by atoms with Gasteiger partial charge in [0, 0.05) is 17.7 Å². The van der Waals surface area contributed by atoms with Crippen molar-refractivity contribution in [2.75, 3.05) is 18.4 Å². The summed E-state index contributed by atoms with van der Waals surface area (Å²) in [6.45, 7) is 1.98. The zero-order valence-corrected chi connectivity index (χ0v) is 10.7. The number of anilines is 1. The molecule has 0 aliphatic carbocycles. The first-order chi connectivity index (χ1) is 9.15. The van der Waals surface area contributed by atoms with Gasteiger partial charge < -0.3 is 10.6 Å². The molecule has 0 aromatic heterocycles. The molecule has 2 N–H and O–H groups in total. The molecule has 1 heterocycles. The van der Waals surface area contributed by atoms with Crippen molar-refractivity contribution >= 4 is 11.6 Å². The van der Waals surface area contributed by atoms with Crippen LogP contribution in [0.1, 0.15) is 31.3 Å². The van der Waals surface area contributed by atoms with E-state index in [1.54, 1.807) is 6.07 Å². The van der Waals surface area contributed by atoms with Gasteiger partial charge in [0.05, 0.1) is 0 Å². The van der Waals surface area contributed by atoms with E-state index in [1.807, 2.05) is 0 Å². The number of benzene rings is 1. The van der Waals surface area contributed by atoms with Crippen molar-refractivity contribution in [3.8, 4) is 0 Å². The summed E-state index contributed by atoms with van der Waals surface area (Å²) in [5.74, 6) is 0.441. The quantitative estimate of drug-likeness (QED) is 0.862. The molecular weight excluding hydrogens is 250 g/mol. The zero-order chi connectivity index (χ0) is 13.7. The average molecular weight is 268 g/mol. The molecule has 19 heavy (non-hydrogen) atoms. The van der Waals surface area contributed by atoms with E-state index in [0.29, 0.717) is 18.0 Å². The average Bonchev–Trinajstić information content (AvgIpc) is 2.90. The van der Waals surface area contributed by atoms with E-state index >= 15 is 0 Å². The maximum Gasteiger partial charge on any atom is 0.263 e. The van der Waals surface area contributed by atoms with Crippen LogP contribution in [0, 0.1) is 5.92 Å². The maximum absolute atomic E-state index is 12.5. The van der Waals surface area contributed by atoms with Crippen molar-refractivity contribution in [1.29, 1.82) is 0 Å². The highest BCUT2D eigenvalue weighted by molar-refractivity contribution is 5.90. The monoisotopic (exact) mass is 268 g/mol. The molecule has 1 aliphatic heterocycles. The number of nitrogens with one attached hydrogen (secondary N) is 2. The van der Waals surface area contributed by atoms with Gasteiger partial charge in [-0.25, -0.2) is 8.78 Å². The van der Waals surface area contributed by atoms with E-state index in [1.165, 1.54) is 18.2 Å². The largest absolute Gasteiger partial charge is 0.326 e. The molecule has 2 rings (SSSR count). The van der Waals surface area contributed by atoms with Crippen molar-refractivity contribution < 1.29 is 13.6 Å². The summed E-state index contributed by atoms with van der Waals surface area (Å²) in [5, 5.41) is 5.92. The first-order valence-electron chi connectivity index (χ1n) is 6.54. The molecule has 0 spiro atoms. The van der Waals surface area contributed by atoms with Crippen LogP contribution in [0.25, 0.3) is 0 Å². The summed E-state index contributed by atoms with van der Waals surface area (Å²) in [5.41, 5.74) is 0.366. The van der Waals surface area contributed by atoms with E-state index in [0.717, 1.165) is 25.9 Å². The van der Waals surface area contributed by atoms with Gasteiger partial charge in [-0.15, -0.1) is 0 Å². The second-order valence-electron chi connectivity index (χ2n) is 4.87. The van der Waals surface area contributed by atoms with Gasteiger partial charge in [-0.1, -0.05) is 12.1 Å². The van der Waals surface area contributed by atoms with Gasteiger partial charge in [0.15, 0.2) is 0 Å². The summed E-state index contributed by atoms with van der Waals surface area (Å²) in [4.78, 5) is 11.7. The van der Waals surface area contributed by atoms with E-state index in [2.05, 4.69) is 10.6 Å². The van der Waals surface area contributed by atoms with Crippen LogP contribution in [0.5, 0.6) is 0 Å². The molecule has 0 saturated carbocycles. The van der Waals surface area contributed by atoms with E-state index in [4.69, 9.17) is 0 Å². The summed E-state index contributed by atoms with van der Waals surface area (Å²) in [6, 6.07) is 5.82. The lowest BCUT2D eigenvalue weighted by molar-refractivity contribution is -0.116. The fourth-order valence-corrected chi connectivity index (χ4v) is 2.27. The fourth-order valence-electron chi connectivity index (χ4n) is 2.27. The number of amides is 1. The van der Waals surface area contributed by atoms with Gasteiger partial charge in [-0.2, -0.15) is 0 Å². The number of carbonyl (C=O) groups excluding carboxylic acids is 1. The van der Waals surface area contributed by atoms with Gasteiger partial charge in [-0.3, -0.25) is 4.79 Å². The highest BCUT2D eigenvalue weighted by Crippen LogP contribution is 2.22. The van der Waals surface area contributed by atoms with Crippen LogP contribution in [0.2, 0.25) is 0 Å². The molecule has 3 nitrogen and oxygen atoms in total. The molecule has 5 heteroatoms. The highest BCUT2D eigenvalue weighted by atomic mass is 19.3. The van der Waals surface area contributed by atoms with Gasteiger partial charge in [0.2, 0.25) is 5.91 Å². The molecule has 1 amide bonds. The Morgan fingerprint density at radius 1 is 1.47 bits per heavy atom. The second kappa shape index (κ2) is 6.61. The number of hydrogen-bond donors (Lipinski definition) is 2. The Morgan fingerprint density at radius 2 is 2.32 bits per heavy atom. The number of halogens is 2. The predicted octanol–water partition coefficient (Wildman–Crippen LogP) is 2.95. The molecule has 104 valence electrons. The highest BCUT2D eigenvalue weighted by Gasteiger charge is 2.16. The number of hydrogen-bond acceptors (Lipinski definition) is 2. The van der Waals surface area contributed by atoms with E-state index in [-0.39, 0.29) is 11.5 Å². The lowest BCUT2D eigenvalue weighted by atomic mass is 10.0. The zero-order valence-electron chi connectivity index (χ0n) is 10.7. The second-order valence-corrected chi connectivity index (χ2v) is 4.87. The first kappa shape index (κ1) is 13.9. The summed E-state index contributed by atoms with van der Waals surface area (Å²) in [6.07, 6.45) is -0.131. The standard InChI is InChI=1S/C14H18F2N2O/c15-14(16)11-2-1-3-12(8-11)18-13(19)5-4-10-6-7-17-9-10/h1-3,8,10,14,17H,4-7,9H2,(H,18,19). The van der Waals surface area contributed by atoms with Gasteiger partial charge >= 0.3 is 0 Å². The van der Waals surface area contributed by atoms with E-state index in [9.17, 15) is 13.6 Å². The Balaban J connectivity index is 1.82. The third kappa shape index (κ3) is 4.28. The lowest BCUT2D eigenvalue weighted by Gasteiger charge is -2.09. The molecule has 1 atom stereocenters. The number of carbonyl (C=O) groups is 1. The third-order valence-corrected chi connectivity index (χ3v) is 3.36. The van der Waals surface area contributed by atoms with Crippen LogP contribution in [0.4, 0.5) is 14.5 Å². The van der Waals surface area contributed by atoms with Crippen molar-refractivity contribution in [2.24, 2.45) is 5.92 Å². The van der Waals surface area contributed by atoms with Crippen LogP contribution in [0.15, 0.2) is 24.3 Å². The topological polar surface area (TPSA) is 41.1 Å². The fraction of sp³-hybridized carbons (Fsp3) is 0.500. The van der Waals surface area contributed by atoms with Crippen LogP contribution >= 0.6 is 0 Å². The Morgan fingerprint density at radius 3 is 3.00 bits per heavy atom. The molecule has 1 saturated heterocycles. The minimum absolute atomic E-state index is 0.0715. The lowest BCUT2D eigenvalue weighted by Crippen LogP contribution is -2.15. The van der Waals surface area contributed by atoms with Gasteiger partial charge in [0.25, 0.3) is 6.43 Å². The Bertz CT molecular complexity index is 431. The SMILES string of the molecule is O=C(CCC1CCNC1)Nc1cccc(C(F)F)c1. The summed E-state index contributed by atoms with van der Waals surface area (Å²) < 4.78 is 25.0. The summed E-state index contributed by atoms with van der Waals surface area (Å²) in [7, 11) is 0. The van der Waals surface area contributed by atoms with Gasteiger partial charge in [-0.05, 0) is 44.0 Å². The molecular formula is C14H18F2N2O. The van der Waals surface area contributed by atoms with Gasteiger partial charge in [0.1, 0.15) is 0 Å². The van der Waals surface area contributed by atoms with E-state index < -0.39 is 6.43 Å². The maximum atomic E-state index is 12.5. The predicted molar refractivity (Wildman–Crippen MR) is 70.2 cm³/mol. The third-order valence-electron chi connectivity index (χ3n) is 3.36. The number of rotatable bonds is 5. The van der Waals surface area contributed by atoms with Crippen molar-refractivity contribution in [3.63, 3.8) is 0 Å². The molecule has 1 aromatic carbocycles. The molecule has 1 aliphatic rings.